The maximum atomic E-state index is 14.7. The van der Waals surface area contributed by atoms with Gasteiger partial charge >= 0.3 is 20.4 Å². The van der Waals surface area contributed by atoms with Crippen molar-refractivity contribution in [3.63, 3.8) is 0 Å². The van der Waals surface area contributed by atoms with Crippen LogP contribution in [0.2, 0.25) is 0 Å². The molecule has 2 unspecified atom stereocenters. The van der Waals surface area contributed by atoms with E-state index in [1.165, 1.54) is 20.3 Å². The molecule has 13 nitrogen and oxygen atoms in total. The summed E-state index contributed by atoms with van der Waals surface area (Å²) in [5.41, 5.74) is 1.34. The van der Waals surface area contributed by atoms with E-state index in [4.69, 9.17) is 36.9 Å². The van der Waals surface area contributed by atoms with Crippen molar-refractivity contribution in [2.24, 2.45) is 0 Å². The van der Waals surface area contributed by atoms with Crippen molar-refractivity contribution in [1.82, 2.24) is 9.55 Å². The molecule has 1 saturated heterocycles. The Balaban J connectivity index is 1.10. The van der Waals surface area contributed by atoms with Crippen molar-refractivity contribution < 1.29 is 50.5 Å². The summed E-state index contributed by atoms with van der Waals surface area (Å²) in [5, 5.41) is 3.23. The van der Waals surface area contributed by atoms with Crippen LogP contribution >= 0.6 is 8.60 Å². The van der Waals surface area contributed by atoms with Crippen LogP contribution in [0.5, 0.6) is 11.5 Å². The standard InChI is InChI=1S/C30H32F2N3O10P/c1-18-11-22(38-2)12-20-13-23(44-26(18)20)16-41-21-7-5-19(6-8-21)15-42-29(37)34-25-9-10-35(28(36)33-25)27-30(31,32)14-24(45-27)17-43-46(39-3)40-4/h5-13,24,27H,14-17H2,1-4H3,(H,33,34,36,37). The Morgan fingerprint density at radius 1 is 1.09 bits per heavy atom. The van der Waals surface area contributed by atoms with E-state index in [1.54, 1.807) is 31.4 Å². The highest BCUT2D eigenvalue weighted by Crippen LogP contribution is 2.44. The smallest absolute Gasteiger partial charge is 0.413 e. The van der Waals surface area contributed by atoms with Gasteiger partial charge in [-0.2, -0.15) is 4.98 Å². The van der Waals surface area contributed by atoms with Gasteiger partial charge in [-0.25, -0.2) is 18.4 Å². The number of methoxy groups -OCH3 is 1. The van der Waals surface area contributed by atoms with Crippen LogP contribution in [0.3, 0.4) is 0 Å². The quantitative estimate of drug-likeness (QED) is 0.166. The minimum atomic E-state index is -3.38. The number of nitrogens with one attached hydrogen (secondary N) is 1. The average molecular weight is 664 g/mol. The molecule has 1 amide bonds. The number of fused-ring (bicyclic) bond motifs is 1. The molecule has 246 valence electrons. The molecule has 0 aliphatic carbocycles. The number of rotatable bonds is 13. The number of nitrogens with zero attached hydrogens (tertiary/aromatic N) is 2. The SMILES string of the molecule is COc1cc(C)c2oc(COc3ccc(COC(=O)Nc4ccn(C5OC(COP(OC)OC)CC5(F)F)c(=O)n4)cc3)cc2c1. The summed E-state index contributed by atoms with van der Waals surface area (Å²) in [7, 11) is 2.63. The monoisotopic (exact) mass is 663 g/mol. The van der Waals surface area contributed by atoms with E-state index in [0.29, 0.717) is 21.6 Å². The third-order valence-corrected chi connectivity index (χ3v) is 7.85. The summed E-state index contributed by atoms with van der Waals surface area (Å²) in [5.74, 6) is -1.58. The van der Waals surface area contributed by atoms with Crippen molar-refractivity contribution in [3.05, 3.63) is 82.1 Å². The number of anilines is 1. The summed E-state index contributed by atoms with van der Waals surface area (Å²) >= 11 is 0. The van der Waals surface area contributed by atoms with Gasteiger partial charge in [-0.1, -0.05) is 12.1 Å². The van der Waals surface area contributed by atoms with Gasteiger partial charge in [0, 0.05) is 32.2 Å². The first-order valence-electron chi connectivity index (χ1n) is 13.9. The first-order chi connectivity index (χ1) is 22.1. The van der Waals surface area contributed by atoms with Gasteiger partial charge in [-0.15, -0.1) is 0 Å². The molecular formula is C30H32F2N3O10P. The first kappa shape index (κ1) is 33.2. The third kappa shape index (κ3) is 7.98. The molecule has 0 bridgehead atoms. The van der Waals surface area contributed by atoms with Crippen molar-refractivity contribution in [1.29, 1.82) is 0 Å². The van der Waals surface area contributed by atoms with Gasteiger partial charge in [0.25, 0.3) is 5.92 Å². The molecule has 2 atom stereocenters. The number of amides is 1. The highest BCUT2D eigenvalue weighted by molar-refractivity contribution is 7.41. The lowest BCUT2D eigenvalue weighted by molar-refractivity contribution is -0.119. The van der Waals surface area contributed by atoms with Crippen LogP contribution < -0.4 is 20.5 Å². The molecule has 1 aliphatic heterocycles. The lowest BCUT2D eigenvalue weighted by Gasteiger charge is -2.20. The fraction of sp³-hybridized carbons (Fsp3) is 0.367. The van der Waals surface area contributed by atoms with E-state index < -0.39 is 45.1 Å². The van der Waals surface area contributed by atoms with Gasteiger partial charge in [0.15, 0.2) is 0 Å². The molecule has 1 aliphatic rings. The van der Waals surface area contributed by atoms with Crippen LogP contribution in [-0.2, 0) is 36.3 Å². The van der Waals surface area contributed by atoms with Crippen LogP contribution in [0.15, 0.2) is 63.9 Å². The predicted octanol–water partition coefficient (Wildman–Crippen LogP) is 6.09. The Morgan fingerprint density at radius 2 is 1.85 bits per heavy atom. The lowest BCUT2D eigenvalue weighted by atomic mass is 10.1. The molecule has 0 radical (unpaired) electrons. The fourth-order valence-electron chi connectivity index (χ4n) is 4.75. The first-order valence-corrected chi connectivity index (χ1v) is 15.0. The molecule has 1 N–H and O–H groups in total. The van der Waals surface area contributed by atoms with Crippen LogP contribution in [-0.4, -0.2) is 55.6 Å². The predicted molar refractivity (Wildman–Crippen MR) is 161 cm³/mol. The molecule has 16 heteroatoms. The number of halogens is 2. The normalized spacial score (nSPS) is 17.4. The topological polar surface area (TPSA) is 142 Å². The summed E-state index contributed by atoms with van der Waals surface area (Å²) in [4.78, 5) is 28.6. The molecular weight excluding hydrogens is 631 g/mol. The number of ether oxygens (including phenoxy) is 4. The van der Waals surface area contributed by atoms with E-state index in [9.17, 15) is 18.4 Å². The molecule has 3 heterocycles. The Bertz CT molecular complexity index is 1710. The third-order valence-electron chi connectivity index (χ3n) is 6.90. The Labute approximate surface area is 263 Å². The molecule has 2 aromatic carbocycles. The maximum absolute atomic E-state index is 14.7. The molecule has 5 rings (SSSR count). The molecule has 2 aromatic heterocycles. The fourth-order valence-corrected chi connectivity index (χ4v) is 5.40. The number of furan rings is 1. The number of aryl methyl sites for hydroxylation is 1. The Kier molecular flexibility index (Phi) is 10.5. The van der Waals surface area contributed by atoms with Crippen LogP contribution in [0, 0.1) is 6.92 Å². The average Bonchev–Trinajstić information content (AvgIpc) is 3.59. The molecule has 0 saturated carbocycles. The van der Waals surface area contributed by atoms with Gasteiger partial charge in [-0.3, -0.25) is 9.88 Å². The van der Waals surface area contributed by atoms with Gasteiger partial charge in [0.2, 0.25) is 6.23 Å². The number of alkyl halides is 2. The van der Waals surface area contributed by atoms with Crippen molar-refractivity contribution in [3.8, 4) is 11.5 Å². The number of benzene rings is 2. The number of hydrogen-bond acceptors (Lipinski definition) is 11. The minimum Gasteiger partial charge on any atom is -0.497 e. The van der Waals surface area contributed by atoms with Gasteiger partial charge in [0.05, 0.1) is 19.8 Å². The van der Waals surface area contributed by atoms with Gasteiger partial charge in [0.1, 0.15) is 41.9 Å². The van der Waals surface area contributed by atoms with Crippen LogP contribution in [0.1, 0.15) is 29.5 Å². The second-order valence-corrected chi connectivity index (χ2v) is 11.6. The second kappa shape index (κ2) is 14.5. The number of carbonyl (C=O) groups is 1. The van der Waals surface area contributed by atoms with Crippen LogP contribution in [0.25, 0.3) is 11.0 Å². The summed E-state index contributed by atoms with van der Waals surface area (Å²) in [6, 6.07) is 13.8. The van der Waals surface area contributed by atoms with Crippen molar-refractivity contribution in [2.45, 2.75) is 44.8 Å². The molecule has 0 spiro atoms. The van der Waals surface area contributed by atoms with Crippen molar-refractivity contribution >= 4 is 31.5 Å². The summed E-state index contributed by atoms with van der Waals surface area (Å²) in [6.45, 7) is 1.84. The van der Waals surface area contributed by atoms with E-state index >= 15 is 0 Å². The van der Waals surface area contributed by atoms with E-state index in [2.05, 4.69) is 10.3 Å². The maximum Gasteiger partial charge on any atom is 0.413 e. The number of hydrogen-bond donors (Lipinski definition) is 1. The number of carbonyl (C=O) groups excluding carboxylic acids is 1. The zero-order valence-electron chi connectivity index (χ0n) is 25.4. The van der Waals surface area contributed by atoms with E-state index in [-0.39, 0.29) is 25.6 Å². The highest BCUT2D eigenvalue weighted by atomic mass is 31.2. The van der Waals surface area contributed by atoms with Crippen molar-refractivity contribution in [2.75, 3.05) is 33.3 Å². The van der Waals surface area contributed by atoms with E-state index in [0.717, 1.165) is 28.5 Å². The van der Waals surface area contributed by atoms with Gasteiger partial charge in [-0.05, 0) is 54.4 Å². The Morgan fingerprint density at radius 3 is 2.54 bits per heavy atom. The highest BCUT2D eigenvalue weighted by Gasteiger charge is 2.52. The zero-order chi connectivity index (χ0) is 32.8. The molecule has 4 aromatic rings. The molecule has 1 fully saturated rings. The summed E-state index contributed by atoms with van der Waals surface area (Å²) < 4.78 is 72.8. The Hall–Kier alpha value is -4.14. The number of aromatic nitrogens is 2. The lowest BCUT2D eigenvalue weighted by Crippen LogP contribution is -2.35. The van der Waals surface area contributed by atoms with E-state index in [1.807, 2.05) is 25.1 Å². The second-order valence-electron chi connectivity index (χ2n) is 10.2. The van der Waals surface area contributed by atoms with Gasteiger partial charge < -0.3 is 36.9 Å². The zero-order valence-corrected chi connectivity index (χ0v) is 26.3. The van der Waals surface area contributed by atoms with Crippen LogP contribution in [0.4, 0.5) is 19.4 Å². The molecule has 46 heavy (non-hydrogen) atoms. The minimum absolute atomic E-state index is 0.0895. The summed E-state index contributed by atoms with van der Waals surface area (Å²) in [6.07, 6.45) is -3.43. The largest absolute Gasteiger partial charge is 0.497 e.